The Morgan fingerprint density at radius 1 is 0.692 bits per heavy atom. The highest BCUT2D eigenvalue weighted by atomic mass is 16.7. The molecule has 156 valence electrons. The van der Waals surface area contributed by atoms with E-state index < -0.39 is 37.3 Å². The Bertz CT molecular complexity index is 325. The van der Waals surface area contributed by atoms with E-state index in [1.807, 2.05) is 0 Å². The molecule has 1 saturated heterocycles. The lowest BCUT2D eigenvalue weighted by Crippen LogP contribution is -2.59. The fourth-order valence-electron chi connectivity index (χ4n) is 3.35. The lowest BCUT2D eigenvalue weighted by molar-refractivity contribution is -0.301. The summed E-state index contributed by atoms with van der Waals surface area (Å²) in [4.78, 5) is 0. The van der Waals surface area contributed by atoms with Gasteiger partial charge in [0.05, 0.1) is 6.61 Å². The van der Waals surface area contributed by atoms with Crippen molar-refractivity contribution in [2.24, 2.45) is 0 Å². The first-order chi connectivity index (χ1) is 12.6. The highest BCUT2D eigenvalue weighted by Gasteiger charge is 2.43. The van der Waals surface area contributed by atoms with Crippen LogP contribution in [0.25, 0.3) is 0 Å². The molecule has 6 nitrogen and oxygen atoms in total. The zero-order chi connectivity index (χ0) is 19.2. The lowest BCUT2D eigenvalue weighted by Gasteiger charge is -2.39. The number of ether oxygens (including phenoxy) is 2. The van der Waals surface area contributed by atoms with Crippen LogP contribution in [0.4, 0.5) is 0 Å². The van der Waals surface area contributed by atoms with Gasteiger partial charge in [-0.05, 0) is 6.42 Å². The van der Waals surface area contributed by atoms with E-state index in [-0.39, 0.29) is 0 Å². The summed E-state index contributed by atoms with van der Waals surface area (Å²) < 4.78 is 10.8. The van der Waals surface area contributed by atoms with Crippen LogP contribution in [0.1, 0.15) is 84.0 Å². The zero-order valence-electron chi connectivity index (χ0n) is 16.4. The topological polar surface area (TPSA) is 99.4 Å². The normalized spacial score (nSPS) is 29.2. The average Bonchev–Trinajstić information content (AvgIpc) is 2.65. The molecule has 0 unspecified atom stereocenters. The molecule has 0 radical (unpaired) electrons. The van der Waals surface area contributed by atoms with Gasteiger partial charge in [-0.2, -0.15) is 0 Å². The van der Waals surface area contributed by atoms with E-state index in [2.05, 4.69) is 6.92 Å². The molecule has 6 heteroatoms. The molecule has 0 bridgehead atoms. The summed E-state index contributed by atoms with van der Waals surface area (Å²) in [5.41, 5.74) is 0. The van der Waals surface area contributed by atoms with E-state index in [0.29, 0.717) is 6.61 Å². The van der Waals surface area contributed by atoms with Crippen molar-refractivity contribution in [1.82, 2.24) is 0 Å². The standard InChI is InChI=1S/C20H40O6/c1-2-3-4-5-6-7-8-9-10-11-12-13-14-25-20-19(24)18(23)17(22)16(15-21)26-20/h16-24H,2-15H2,1H3/t16-,17+,18+,19-,20-/m1/s1. The first kappa shape index (κ1) is 23.8. The maximum Gasteiger partial charge on any atom is 0.186 e. The molecular weight excluding hydrogens is 336 g/mol. The number of hydrogen-bond acceptors (Lipinski definition) is 6. The summed E-state index contributed by atoms with van der Waals surface area (Å²) in [6, 6.07) is 0. The second-order valence-electron chi connectivity index (χ2n) is 7.46. The molecule has 0 spiro atoms. The van der Waals surface area contributed by atoms with Crippen LogP contribution in [0.15, 0.2) is 0 Å². The van der Waals surface area contributed by atoms with Crippen molar-refractivity contribution in [2.45, 2.75) is 115 Å². The zero-order valence-corrected chi connectivity index (χ0v) is 16.4. The minimum absolute atomic E-state index is 0.427. The van der Waals surface area contributed by atoms with Crippen LogP contribution in [0.3, 0.4) is 0 Å². The average molecular weight is 377 g/mol. The van der Waals surface area contributed by atoms with Crippen LogP contribution in [-0.4, -0.2) is 64.3 Å². The SMILES string of the molecule is CCCCCCCCCCCCCCO[C@@H]1O[C@H](CO)[C@H](O)[C@H](O)[C@H]1O. The summed E-state index contributed by atoms with van der Waals surface area (Å²) in [5.74, 6) is 0. The van der Waals surface area contributed by atoms with Gasteiger partial charge in [0.1, 0.15) is 24.4 Å². The molecule has 0 aromatic heterocycles. The van der Waals surface area contributed by atoms with Crippen molar-refractivity contribution in [3.05, 3.63) is 0 Å². The molecule has 0 amide bonds. The fourth-order valence-corrected chi connectivity index (χ4v) is 3.35. The van der Waals surface area contributed by atoms with E-state index in [0.717, 1.165) is 12.8 Å². The summed E-state index contributed by atoms with van der Waals surface area (Å²) in [5, 5.41) is 38.4. The number of unbranched alkanes of at least 4 members (excludes halogenated alkanes) is 11. The van der Waals surface area contributed by atoms with Gasteiger partial charge in [-0.25, -0.2) is 0 Å². The molecule has 0 aliphatic carbocycles. The second kappa shape index (κ2) is 14.8. The van der Waals surface area contributed by atoms with Gasteiger partial charge >= 0.3 is 0 Å². The van der Waals surface area contributed by atoms with Gasteiger partial charge in [-0.3, -0.25) is 0 Å². The van der Waals surface area contributed by atoms with Crippen LogP contribution in [0.2, 0.25) is 0 Å². The molecule has 26 heavy (non-hydrogen) atoms. The first-order valence-corrected chi connectivity index (χ1v) is 10.5. The van der Waals surface area contributed by atoms with Gasteiger partial charge in [0.15, 0.2) is 6.29 Å². The van der Waals surface area contributed by atoms with Crippen LogP contribution >= 0.6 is 0 Å². The van der Waals surface area contributed by atoms with E-state index in [9.17, 15) is 15.3 Å². The molecule has 0 saturated carbocycles. The molecular formula is C20H40O6. The number of hydrogen-bond donors (Lipinski definition) is 4. The first-order valence-electron chi connectivity index (χ1n) is 10.5. The van der Waals surface area contributed by atoms with Gasteiger partial charge in [0.2, 0.25) is 0 Å². The van der Waals surface area contributed by atoms with E-state index in [1.165, 1.54) is 64.2 Å². The molecule has 1 heterocycles. The van der Waals surface area contributed by atoms with Crippen LogP contribution in [0, 0.1) is 0 Å². The Morgan fingerprint density at radius 3 is 1.69 bits per heavy atom. The second-order valence-corrected chi connectivity index (χ2v) is 7.46. The largest absolute Gasteiger partial charge is 0.394 e. The van der Waals surface area contributed by atoms with E-state index in [1.54, 1.807) is 0 Å². The predicted octanol–water partition coefficient (Wildman–Crippen LogP) is 2.50. The molecule has 4 N–H and O–H groups in total. The highest BCUT2D eigenvalue weighted by Crippen LogP contribution is 2.22. The number of aliphatic hydroxyl groups is 4. The van der Waals surface area contributed by atoms with Crippen LogP contribution < -0.4 is 0 Å². The van der Waals surface area contributed by atoms with Crippen molar-refractivity contribution >= 4 is 0 Å². The quantitative estimate of drug-likeness (QED) is 0.328. The third kappa shape index (κ3) is 9.11. The summed E-state index contributed by atoms with van der Waals surface area (Å²) in [6.45, 7) is 2.25. The fraction of sp³-hybridized carbons (Fsp3) is 1.00. The van der Waals surface area contributed by atoms with Gasteiger partial charge in [0, 0.05) is 6.61 Å². The van der Waals surface area contributed by atoms with Crippen LogP contribution in [-0.2, 0) is 9.47 Å². The Kier molecular flexibility index (Phi) is 13.5. The summed E-state index contributed by atoms with van der Waals surface area (Å²) in [6.07, 6.45) is 9.21. The maximum absolute atomic E-state index is 9.87. The van der Waals surface area contributed by atoms with Gasteiger partial charge in [0.25, 0.3) is 0 Å². The van der Waals surface area contributed by atoms with Crippen molar-refractivity contribution in [3.63, 3.8) is 0 Å². The molecule has 0 aromatic rings. The third-order valence-electron chi connectivity index (χ3n) is 5.13. The minimum atomic E-state index is -1.37. The molecule has 1 aliphatic heterocycles. The molecule has 1 rings (SSSR count). The van der Waals surface area contributed by atoms with Crippen molar-refractivity contribution in [1.29, 1.82) is 0 Å². The number of aliphatic hydroxyl groups excluding tert-OH is 4. The van der Waals surface area contributed by atoms with Crippen LogP contribution in [0.5, 0.6) is 0 Å². The summed E-state index contributed by atoms with van der Waals surface area (Å²) >= 11 is 0. The molecule has 1 fully saturated rings. The Morgan fingerprint density at radius 2 is 1.19 bits per heavy atom. The Labute approximate surface area is 158 Å². The van der Waals surface area contributed by atoms with Gasteiger partial charge in [-0.15, -0.1) is 0 Å². The Balaban J connectivity index is 1.95. The lowest BCUT2D eigenvalue weighted by atomic mass is 9.99. The number of rotatable bonds is 15. The smallest absolute Gasteiger partial charge is 0.186 e. The van der Waals surface area contributed by atoms with Gasteiger partial charge in [-0.1, -0.05) is 77.6 Å². The monoisotopic (exact) mass is 376 g/mol. The van der Waals surface area contributed by atoms with E-state index >= 15 is 0 Å². The Hall–Kier alpha value is -0.240. The van der Waals surface area contributed by atoms with Crippen molar-refractivity contribution in [3.8, 4) is 0 Å². The minimum Gasteiger partial charge on any atom is -0.394 e. The third-order valence-corrected chi connectivity index (χ3v) is 5.13. The highest BCUT2D eigenvalue weighted by molar-refractivity contribution is 4.88. The predicted molar refractivity (Wildman–Crippen MR) is 101 cm³/mol. The van der Waals surface area contributed by atoms with Gasteiger partial charge < -0.3 is 29.9 Å². The molecule has 1 aliphatic rings. The summed E-state index contributed by atoms with van der Waals surface area (Å²) in [7, 11) is 0. The van der Waals surface area contributed by atoms with Crippen molar-refractivity contribution < 1.29 is 29.9 Å². The molecule has 5 atom stereocenters. The maximum atomic E-state index is 9.87. The van der Waals surface area contributed by atoms with Crippen molar-refractivity contribution in [2.75, 3.05) is 13.2 Å². The van der Waals surface area contributed by atoms with E-state index in [4.69, 9.17) is 14.6 Å². The molecule has 0 aromatic carbocycles.